The molecule has 0 radical (unpaired) electrons. The molecule has 3 rings (SSSR count). The van der Waals surface area contributed by atoms with Gasteiger partial charge in [0.15, 0.2) is 0 Å². The Morgan fingerprint density at radius 1 is 1.15 bits per heavy atom. The molecule has 76 valence electrons. The molecule has 3 fully saturated rings. The third-order valence-corrected chi connectivity index (χ3v) is 3.98. The first kappa shape index (κ1) is 9.47. The maximum Gasteiger partial charge on any atom is 0.0664 e. The molecule has 2 heterocycles. The number of piperidine rings is 2. The second-order valence-corrected chi connectivity index (χ2v) is 4.85. The van der Waals surface area contributed by atoms with Gasteiger partial charge in [0.25, 0.3) is 0 Å². The van der Waals surface area contributed by atoms with Gasteiger partial charge in [-0.3, -0.25) is 4.90 Å². The second-order valence-electron chi connectivity index (χ2n) is 4.85. The van der Waals surface area contributed by atoms with Crippen LogP contribution in [0.5, 0.6) is 0 Å². The van der Waals surface area contributed by atoms with E-state index >= 15 is 0 Å². The lowest BCUT2D eigenvalue weighted by molar-refractivity contribution is -0.0236. The first-order chi connectivity index (χ1) is 6.18. The smallest absolute Gasteiger partial charge is 0.0664 e. The fourth-order valence-electron chi connectivity index (χ4n) is 2.88. The van der Waals surface area contributed by atoms with Crippen LogP contribution in [0.1, 0.15) is 39.5 Å². The van der Waals surface area contributed by atoms with Crippen LogP contribution in [-0.2, 0) is 0 Å². The Labute approximate surface area is 80.9 Å². The summed E-state index contributed by atoms with van der Waals surface area (Å²) in [6.45, 7) is 5.30. The van der Waals surface area contributed by atoms with Gasteiger partial charge in [-0.15, -0.1) is 0 Å². The third kappa shape index (κ3) is 1.75. The standard InChI is InChI=1S/C11H21NO/c1-8(9(2)13)12-7-10-3-5-11(12)6-4-10/h8-11,13H,3-7H2,1-2H3. The molecule has 2 bridgehead atoms. The molecule has 3 aliphatic rings. The predicted molar refractivity (Wildman–Crippen MR) is 53.6 cm³/mol. The van der Waals surface area contributed by atoms with E-state index in [0.29, 0.717) is 6.04 Å². The van der Waals surface area contributed by atoms with Crippen molar-refractivity contribution in [1.29, 1.82) is 0 Å². The highest BCUT2D eigenvalue weighted by molar-refractivity contribution is 4.91. The highest BCUT2D eigenvalue weighted by Crippen LogP contribution is 2.36. The first-order valence-corrected chi connectivity index (χ1v) is 5.62. The summed E-state index contributed by atoms with van der Waals surface area (Å²) in [7, 11) is 0. The maximum atomic E-state index is 9.56. The largest absolute Gasteiger partial charge is 0.392 e. The average molecular weight is 183 g/mol. The zero-order valence-corrected chi connectivity index (χ0v) is 8.74. The molecular formula is C11H21NO. The topological polar surface area (TPSA) is 23.5 Å². The van der Waals surface area contributed by atoms with Gasteiger partial charge in [0.05, 0.1) is 6.10 Å². The van der Waals surface area contributed by atoms with E-state index in [1.54, 1.807) is 0 Å². The predicted octanol–water partition coefficient (Wildman–Crippen LogP) is 1.63. The van der Waals surface area contributed by atoms with E-state index in [4.69, 9.17) is 0 Å². The summed E-state index contributed by atoms with van der Waals surface area (Å²) in [6.07, 6.45) is 5.39. The number of fused-ring (bicyclic) bond motifs is 3. The average Bonchev–Trinajstić information content (AvgIpc) is 2.18. The van der Waals surface area contributed by atoms with Gasteiger partial charge >= 0.3 is 0 Å². The van der Waals surface area contributed by atoms with Crippen molar-refractivity contribution in [1.82, 2.24) is 4.90 Å². The minimum atomic E-state index is -0.181. The van der Waals surface area contributed by atoms with Crippen LogP contribution in [0.25, 0.3) is 0 Å². The van der Waals surface area contributed by atoms with Crippen molar-refractivity contribution >= 4 is 0 Å². The van der Waals surface area contributed by atoms with Crippen LogP contribution in [0.4, 0.5) is 0 Å². The van der Waals surface area contributed by atoms with E-state index in [9.17, 15) is 5.11 Å². The number of nitrogens with zero attached hydrogens (tertiary/aromatic N) is 1. The van der Waals surface area contributed by atoms with Crippen molar-refractivity contribution in [2.24, 2.45) is 5.92 Å². The minimum Gasteiger partial charge on any atom is -0.392 e. The van der Waals surface area contributed by atoms with Crippen molar-refractivity contribution in [3.05, 3.63) is 0 Å². The molecule has 1 N–H and O–H groups in total. The lowest BCUT2D eigenvalue weighted by atomic mass is 9.79. The maximum absolute atomic E-state index is 9.56. The summed E-state index contributed by atoms with van der Waals surface area (Å²) in [5, 5.41) is 9.56. The number of aliphatic hydroxyl groups is 1. The van der Waals surface area contributed by atoms with Crippen LogP contribution < -0.4 is 0 Å². The van der Waals surface area contributed by atoms with Crippen molar-refractivity contribution in [3.63, 3.8) is 0 Å². The van der Waals surface area contributed by atoms with Gasteiger partial charge in [-0.2, -0.15) is 0 Å². The van der Waals surface area contributed by atoms with Gasteiger partial charge in [0.2, 0.25) is 0 Å². The number of hydrogen-bond acceptors (Lipinski definition) is 2. The summed E-state index contributed by atoms with van der Waals surface area (Å²) in [4.78, 5) is 2.53. The van der Waals surface area contributed by atoms with E-state index in [-0.39, 0.29) is 6.10 Å². The van der Waals surface area contributed by atoms with Crippen LogP contribution in [0, 0.1) is 5.92 Å². The lowest BCUT2D eigenvalue weighted by Crippen LogP contribution is -2.54. The Bertz CT molecular complexity index is 171. The first-order valence-electron chi connectivity index (χ1n) is 5.62. The van der Waals surface area contributed by atoms with Crippen molar-refractivity contribution in [3.8, 4) is 0 Å². The highest BCUT2D eigenvalue weighted by atomic mass is 16.3. The third-order valence-electron chi connectivity index (χ3n) is 3.98. The quantitative estimate of drug-likeness (QED) is 0.703. The summed E-state index contributed by atoms with van der Waals surface area (Å²) < 4.78 is 0. The van der Waals surface area contributed by atoms with E-state index in [1.165, 1.54) is 32.2 Å². The summed E-state index contributed by atoms with van der Waals surface area (Å²) in [5.74, 6) is 0.922. The normalized spacial score (nSPS) is 39.0. The molecule has 1 saturated carbocycles. The summed E-state index contributed by atoms with van der Waals surface area (Å²) in [5.41, 5.74) is 0. The lowest BCUT2D eigenvalue weighted by Gasteiger charge is -2.48. The van der Waals surface area contributed by atoms with Crippen molar-refractivity contribution in [2.45, 2.75) is 57.7 Å². The number of hydrogen-bond donors (Lipinski definition) is 1. The number of rotatable bonds is 2. The zero-order chi connectivity index (χ0) is 9.42. The Morgan fingerprint density at radius 3 is 2.15 bits per heavy atom. The van der Waals surface area contributed by atoms with Crippen LogP contribution in [0.2, 0.25) is 0 Å². The minimum absolute atomic E-state index is 0.181. The van der Waals surface area contributed by atoms with E-state index in [2.05, 4.69) is 11.8 Å². The molecule has 2 unspecified atom stereocenters. The molecule has 2 saturated heterocycles. The Hall–Kier alpha value is -0.0800. The molecule has 1 aliphatic carbocycles. The molecule has 2 aliphatic heterocycles. The van der Waals surface area contributed by atoms with Gasteiger partial charge < -0.3 is 5.11 Å². The van der Waals surface area contributed by atoms with Gasteiger partial charge in [-0.1, -0.05) is 0 Å². The molecule has 13 heavy (non-hydrogen) atoms. The zero-order valence-electron chi connectivity index (χ0n) is 8.74. The summed E-state index contributed by atoms with van der Waals surface area (Å²) >= 11 is 0. The fourth-order valence-corrected chi connectivity index (χ4v) is 2.88. The van der Waals surface area contributed by atoms with Crippen LogP contribution in [0.15, 0.2) is 0 Å². The Kier molecular flexibility index (Phi) is 2.61. The molecule has 0 aromatic heterocycles. The molecule has 2 atom stereocenters. The summed E-state index contributed by atoms with van der Waals surface area (Å²) in [6, 6.07) is 1.13. The SMILES string of the molecule is CC(O)C(C)N1CC2CCC1CC2. The van der Waals surface area contributed by atoms with E-state index in [0.717, 1.165) is 12.0 Å². The van der Waals surface area contributed by atoms with Gasteiger partial charge in [-0.05, 0) is 45.4 Å². The van der Waals surface area contributed by atoms with Crippen LogP contribution >= 0.6 is 0 Å². The molecule has 2 heteroatoms. The molecule has 0 aromatic carbocycles. The van der Waals surface area contributed by atoms with E-state index in [1.807, 2.05) is 6.92 Å². The van der Waals surface area contributed by atoms with Crippen LogP contribution in [-0.4, -0.2) is 34.7 Å². The fraction of sp³-hybridized carbons (Fsp3) is 1.00. The molecule has 0 amide bonds. The van der Waals surface area contributed by atoms with Gasteiger partial charge in [-0.25, -0.2) is 0 Å². The molecular weight excluding hydrogens is 162 g/mol. The van der Waals surface area contributed by atoms with Gasteiger partial charge in [0, 0.05) is 18.6 Å². The second kappa shape index (κ2) is 3.58. The molecule has 0 aromatic rings. The van der Waals surface area contributed by atoms with E-state index < -0.39 is 0 Å². The van der Waals surface area contributed by atoms with Crippen molar-refractivity contribution < 1.29 is 5.11 Å². The molecule has 2 nitrogen and oxygen atoms in total. The Morgan fingerprint density at radius 2 is 1.77 bits per heavy atom. The number of aliphatic hydroxyl groups excluding tert-OH is 1. The van der Waals surface area contributed by atoms with Gasteiger partial charge in [0.1, 0.15) is 0 Å². The van der Waals surface area contributed by atoms with Crippen molar-refractivity contribution in [2.75, 3.05) is 6.54 Å². The Balaban J connectivity index is 2.00. The van der Waals surface area contributed by atoms with Crippen LogP contribution in [0.3, 0.4) is 0 Å². The molecule has 0 spiro atoms. The highest BCUT2D eigenvalue weighted by Gasteiger charge is 2.36. The monoisotopic (exact) mass is 183 g/mol.